The van der Waals surface area contributed by atoms with E-state index >= 15 is 0 Å². The van der Waals surface area contributed by atoms with Crippen molar-refractivity contribution in [3.8, 4) is 5.75 Å². The summed E-state index contributed by atoms with van der Waals surface area (Å²) in [6.45, 7) is 1.93. The molecule has 0 unspecified atom stereocenters. The predicted octanol–water partition coefficient (Wildman–Crippen LogP) is 4.29. The van der Waals surface area contributed by atoms with Gasteiger partial charge in [-0.3, -0.25) is 4.90 Å². The molecule has 0 spiro atoms. The highest BCUT2D eigenvalue weighted by molar-refractivity contribution is 6.01. The molecule has 0 bridgehead atoms. The van der Waals surface area contributed by atoms with Crippen LogP contribution in [0.25, 0.3) is 0 Å². The summed E-state index contributed by atoms with van der Waals surface area (Å²) in [6, 6.07) is 28.3. The number of aliphatic hydroxyl groups excluding tert-OH is 1. The molecule has 1 heterocycles. The van der Waals surface area contributed by atoms with Crippen molar-refractivity contribution in [1.29, 1.82) is 0 Å². The van der Waals surface area contributed by atoms with Crippen molar-refractivity contribution < 1.29 is 14.7 Å². The third kappa shape index (κ3) is 6.19. The summed E-state index contributed by atoms with van der Waals surface area (Å²) in [5, 5.41) is 15.1. The van der Waals surface area contributed by atoms with Gasteiger partial charge >= 0.3 is 0 Å². The van der Waals surface area contributed by atoms with Crippen molar-refractivity contribution in [2.24, 2.45) is 5.16 Å². The van der Waals surface area contributed by atoms with Gasteiger partial charge in [0.25, 0.3) is 0 Å². The molecule has 1 N–H and O–H groups in total. The number of methoxy groups -OCH3 is 1. The normalized spacial score (nSPS) is 16.5. The second-order valence-electron chi connectivity index (χ2n) is 8.22. The van der Waals surface area contributed by atoms with Crippen LogP contribution in [0.5, 0.6) is 5.75 Å². The highest BCUT2D eigenvalue weighted by atomic mass is 16.6. The summed E-state index contributed by atoms with van der Waals surface area (Å²) in [6.07, 6.45) is 0.860. The van der Waals surface area contributed by atoms with Crippen molar-refractivity contribution in [1.82, 2.24) is 4.90 Å². The number of ether oxygens (including phenoxy) is 1. The average molecular weight is 431 g/mol. The molecular weight excluding hydrogens is 400 g/mol. The first-order valence-electron chi connectivity index (χ1n) is 11.0. The lowest BCUT2D eigenvalue weighted by Gasteiger charge is -2.27. The van der Waals surface area contributed by atoms with Crippen molar-refractivity contribution in [3.05, 3.63) is 102 Å². The van der Waals surface area contributed by atoms with Gasteiger partial charge in [-0.25, -0.2) is 0 Å². The molecule has 0 saturated heterocycles. The van der Waals surface area contributed by atoms with Crippen LogP contribution in [0.4, 0.5) is 0 Å². The van der Waals surface area contributed by atoms with E-state index in [0.717, 1.165) is 34.6 Å². The average Bonchev–Trinajstić information content (AvgIpc) is 3.29. The van der Waals surface area contributed by atoms with E-state index in [1.165, 1.54) is 0 Å². The van der Waals surface area contributed by atoms with Gasteiger partial charge in [0, 0.05) is 26.1 Å². The van der Waals surface area contributed by atoms with Gasteiger partial charge in [-0.1, -0.05) is 78.0 Å². The molecule has 2 atom stereocenters. The number of oxime groups is 1. The quantitative estimate of drug-likeness (QED) is 0.521. The zero-order valence-corrected chi connectivity index (χ0v) is 18.4. The summed E-state index contributed by atoms with van der Waals surface area (Å²) in [4.78, 5) is 8.02. The van der Waals surface area contributed by atoms with Crippen molar-refractivity contribution in [3.63, 3.8) is 0 Å². The fourth-order valence-corrected chi connectivity index (χ4v) is 4.10. The van der Waals surface area contributed by atoms with Crippen molar-refractivity contribution >= 4 is 5.71 Å². The van der Waals surface area contributed by atoms with Crippen molar-refractivity contribution in [2.75, 3.05) is 20.2 Å². The monoisotopic (exact) mass is 430 g/mol. The lowest BCUT2D eigenvalue weighted by molar-refractivity contribution is 0.0322. The van der Waals surface area contributed by atoms with Crippen LogP contribution >= 0.6 is 0 Å². The lowest BCUT2D eigenvalue weighted by atomic mass is 10.0. The second-order valence-corrected chi connectivity index (χ2v) is 8.22. The maximum Gasteiger partial charge on any atom is 0.145 e. The standard InChI is InChI=1S/C27H30N2O3/c1-31-25-14-8-11-22(16-25)18-29(19-24(30)15-21-9-4-2-5-10-21)20-26-17-27(28-32-26)23-12-6-3-7-13-23/h2-14,16,24,26,30H,15,17-20H2,1H3/t24-,26-/m1/s1. The molecule has 1 aliphatic rings. The van der Waals surface area contributed by atoms with Crippen LogP contribution in [-0.4, -0.2) is 48.1 Å². The Kier molecular flexibility index (Phi) is 7.54. The number of rotatable bonds is 10. The summed E-state index contributed by atoms with van der Waals surface area (Å²) in [7, 11) is 1.68. The molecular formula is C27H30N2O3. The molecule has 166 valence electrons. The van der Waals surface area contributed by atoms with E-state index in [-0.39, 0.29) is 6.10 Å². The molecule has 5 nitrogen and oxygen atoms in total. The van der Waals surface area contributed by atoms with Crippen LogP contribution in [0.2, 0.25) is 0 Å². The molecule has 0 saturated carbocycles. The lowest BCUT2D eigenvalue weighted by Crippen LogP contribution is -2.38. The number of hydrogen-bond donors (Lipinski definition) is 1. The minimum atomic E-state index is -0.473. The molecule has 4 rings (SSSR count). The van der Waals surface area contributed by atoms with E-state index in [1.807, 2.05) is 54.6 Å². The molecule has 0 aliphatic carbocycles. The third-order valence-corrected chi connectivity index (χ3v) is 5.63. The van der Waals surface area contributed by atoms with E-state index in [4.69, 9.17) is 9.57 Å². The summed E-state index contributed by atoms with van der Waals surface area (Å²) in [5.74, 6) is 0.832. The topological polar surface area (TPSA) is 54.3 Å². The first-order valence-corrected chi connectivity index (χ1v) is 11.0. The minimum Gasteiger partial charge on any atom is -0.497 e. The van der Waals surface area contributed by atoms with Gasteiger partial charge in [-0.15, -0.1) is 0 Å². The van der Waals surface area contributed by atoms with Crippen LogP contribution in [0, 0.1) is 0 Å². The van der Waals surface area contributed by atoms with Crippen LogP contribution in [0.3, 0.4) is 0 Å². The maximum atomic E-state index is 10.8. The molecule has 3 aromatic rings. The Balaban J connectivity index is 1.42. The fourth-order valence-electron chi connectivity index (χ4n) is 4.10. The Morgan fingerprint density at radius 3 is 2.47 bits per heavy atom. The summed E-state index contributed by atoms with van der Waals surface area (Å²) in [5.41, 5.74) is 4.34. The van der Waals surface area contributed by atoms with Crippen molar-refractivity contribution in [2.45, 2.75) is 31.6 Å². The van der Waals surface area contributed by atoms with Crippen LogP contribution < -0.4 is 4.74 Å². The Hall–Kier alpha value is -3.15. The van der Waals surface area contributed by atoms with Gasteiger partial charge in [0.1, 0.15) is 11.9 Å². The Labute approximate surface area is 189 Å². The van der Waals surface area contributed by atoms with Gasteiger partial charge in [0.15, 0.2) is 0 Å². The van der Waals surface area contributed by atoms with E-state index < -0.39 is 6.10 Å². The van der Waals surface area contributed by atoms with Crippen LogP contribution in [0.15, 0.2) is 90.1 Å². The number of benzene rings is 3. The molecule has 0 aromatic heterocycles. The molecule has 32 heavy (non-hydrogen) atoms. The zero-order chi connectivity index (χ0) is 22.2. The zero-order valence-electron chi connectivity index (χ0n) is 18.4. The first-order chi connectivity index (χ1) is 15.7. The Morgan fingerprint density at radius 2 is 1.72 bits per heavy atom. The van der Waals surface area contributed by atoms with E-state index in [9.17, 15) is 5.11 Å². The van der Waals surface area contributed by atoms with Crippen LogP contribution in [-0.2, 0) is 17.8 Å². The van der Waals surface area contributed by atoms with Crippen LogP contribution in [0.1, 0.15) is 23.1 Å². The van der Waals surface area contributed by atoms with Gasteiger partial charge in [0.2, 0.25) is 0 Å². The maximum absolute atomic E-state index is 10.8. The molecule has 1 aliphatic heterocycles. The number of nitrogens with zero attached hydrogens (tertiary/aromatic N) is 2. The summed E-state index contributed by atoms with van der Waals surface area (Å²) < 4.78 is 5.38. The second kappa shape index (κ2) is 10.9. The highest BCUT2D eigenvalue weighted by Crippen LogP contribution is 2.20. The van der Waals surface area contributed by atoms with E-state index in [0.29, 0.717) is 26.1 Å². The molecule has 5 heteroatoms. The van der Waals surface area contributed by atoms with E-state index in [2.05, 4.69) is 40.4 Å². The van der Waals surface area contributed by atoms with Gasteiger partial charge < -0.3 is 14.7 Å². The highest BCUT2D eigenvalue weighted by Gasteiger charge is 2.25. The molecule has 3 aromatic carbocycles. The summed E-state index contributed by atoms with van der Waals surface area (Å²) >= 11 is 0. The largest absolute Gasteiger partial charge is 0.497 e. The minimum absolute atomic E-state index is 0.0419. The van der Waals surface area contributed by atoms with Gasteiger partial charge in [0.05, 0.1) is 18.9 Å². The molecule has 0 radical (unpaired) electrons. The van der Waals surface area contributed by atoms with Gasteiger partial charge in [-0.05, 0) is 35.2 Å². The first kappa shape index (κ1) is 22.1. The number of hydrogen-bond acceptors (Lipinski definition) is 5. The van der Waals surface area contributed by atoms with Gasteiger partial charge in [-0.2, -0.15) is 0 Å². The smallest absolute Gasteiger partial charge is 0.145 e. The fraction of sp³-hybridized carbons (Fsp3) is 0.296. The Morgan fingerprint density at radius 1 is 1.00 bits per heavy atom. The third-order valence-electron chi connectivity index (χ3n) is 5.63. The predicted molar refractivity (Wildman–Crippen MR) is 127 cm³/mol. The molecule has 0 amide bonds. The molecule has 0 fully saturated rings. The number of aliphatic hydroxyl groups is 1. The van der Waals surface area contributed by atoms with E-state index in [1.54, 1.807) is 7.11 Å². The SMILES string of the molecule is COc1cccc(CN(C[C@H](O)Cc2ccccc2)C[C@H]2CC(c3ccccc3)=NO2)c1. The Bertz CT molecular complexity index is 1010.